The van der Waals surface area contributed by atoms with Crippen molar-refractivity contribution in [3.05, 3.63) is 59.7 Å². The van der Waals surface area contributed by atoms with Crippen LogP contribution >= 0.6 is 0 Å². The lowest BCUT2D eigenvalue weighted by Gasteiger charge is -2.26. The van der Waals surface area contributed by atoms with Gasteiger partial charge in [-0.1, -0.05) is 49.7 Å². The monoisotopic (exact) mass is 354 g/mol. The predicted octanol–water partition coefficient (Wildman–Crippen LogP) is 4.06. The van der Waals surface area contributed by atoms with Gasteiger partial charge in [0.25, 0.3) is 0 Å². The fourth-order valence-electron chi connectivity index (χ4n) is 2.81. The smallest absolute Gasteiger partial charge is 0.241 e. The summed E-state index contributed by atoms with van der Waals surface area (Å²) in [5, 5.41) is 0. The van der Waals surface area contributed by atoms with Gasteiger partial charge in [-0.15, -0.1) is 0 Å². The largest absolute Gasteiger partial charge is 0.491 e. The van der Waals surface area contributed by atoms with E-state index in [-0.39, 0.29) is 5.91 Å². The Morgan fingerprint density at radius 1 is 0.962 bits per heavy atom. The van der Waals surface area contributed by atoms with Crippen molar-refractivity contribution in [3.63, 3.8) is 0 Å². The molecule has 0 heterocycles. The Labute approximate surface area is 157 Å². The van der Waals surface area contributed by atoms with Crippen molar-refractivity contribution in [3.8, 4) is 5.75 Å². The molecule has 2 aromatic rings. The first-order valence-electron chi connectivity index (χ1n) is 9.33. The molecule has 0 radical (unpaired) electrons. The number of carbonyl (C=O) groups is 1. The summed E-state index contributed by atoms with van der Waals surface area (Å²) in [5.41, 5.74) is 3.20. The fourth-order valence-corrected chi connectivity index (χ4v) is 2.81. The van der Waals surface area contributed by atoms with E-state index in [1.54, 1.807) is 0 Å². The number of likely N-dealkylation sites (N-methyl/N-ethyl adjacent to an activating group) is 1. The molecule has 26 heavy (non-hydrogen) atoms. The summed E-state index contributed by atoms with van der Waals surface area (Å²) in [5.74, 6) is 0.971. The van der Waals surface area contributed by atoms with Gasteiger partial charge in [-0.2, -0.15) is 0 Å². The third-order valence-electron chi connectivity index (χ3n) is 4.57. The number of benzene rings is 2. The molecule has 0 unspecified atom stereocenters. The molecule has 1 amide bonds. The molecule has 0 atom stereocenters. The molecule has 0 saturated carbocycles. The molecule has 0 saturated heterocycles. The number of carbonyl (C=O) groups excluding carboxylic acids is 1. The number of ether oxygens (including phenoxy) is 1. The summed E-state index contributed by atoms with van der Waals surface area (Å²) in [6.45, 7) is 11.4. The first-order valence-corrected chi connectivity index (χ1v) is 9.33. The average Bonchev–Trinajstić information content (AvgIpc) is 2.65. The van der Waals surface area contributed by atoms with Gasteiger partial charge in [-0.05, 0) is 50.7 Å². The molecule has 0 bridgehead atoms. The first-order chi connectivity index (χ1) is 12.5. The number of aryl methyl sites for hydroxylation is 2. The van der Waals surface area contributed by atoms with Crippen LogP contribution in [0.4, 0.5) is 5.69 Å². The Morgan fingerprint density at radius 2 is 1.62 bits per heavy atom. The second-order valence-electron chi connectivity index (χ2n) is 6.46. The minimum atomic E-state index is 0.103. The van der Waals surface area contributed by atoms with Gasteiger partial charge in [0, 0.05) is 5.69 Å². The normalized spacial score (nSPS) is 10.8. The van der Waals surface area contributed by atoms with Gasteiger partial charge in [-0.3, -0.25) is 9.69 Å². The lowest BCUT2D eigenvalue weighted by molar-refractivity contribution is -0.119. The molecule has 140 valence electrons. The number of nitrogens with zero attached hydrogens (tertiary/aromatic N) is 2. The van der Waals surface area contributed by atoms with Crippen molar-refractivity contribution >= 4 is 11.6 Å². The highest BCUT2D eigenvalue weighted by Gasteiger charge is 2.18. The predicted molar refractivity (Wildman–Crippen MR) is 108 cm³/mol. The number of rotatable bonds is 9. The zero-order chi connectivity index (χ0) is 18.9. The van der Waals surface area contributed by atoms with Crippen molar-refractivity contribution in [2.24, 2.45) is 0 Å². The highest BCUT2D eigenvalue weighted by molar-refractivity contribution is 5.94. The van der Waals surface area contributed by atoms with Gasteiger partial charge >= 0.3 is 0 Å². The van der Waals surface area contributed by atoms with Crippen LogP contribution in [-0.2, 0) is 4.79 Å². The van der Waals surface area contributed by atoms with E-state index in [9.17, 15) is 4.79 Å². The third-order valence-corrected chi connectivity index (χ3v) is 4.57. The second kappa shape index (κ2) is 9.97. The molecule has 0 N–H and O–H groups in total. The molecular formula is C22H30N2O2. The van der Waals surface area contributed by atoms with Crippen LogP contribution in [0, 0.1) is 13.8 Å². The van der Waals surface area contributed by atoms with E-state index < -0.39 is 0 Å². The molecule has 2 rings (SSSR count). The topological polar surface area (TPSA) is 32.8 Å². The van der Waals surface area contributed by atoms with Crippen LogP contribution in [0.25, 0.3) is 0 Å². The van der Waals surface area contributed by atoms with Crippen molar-refractivity contribution in [1.82, 2.24) is 4.90 Å². The van der Waals surface area contributed by atoms with E-state index in [0.717, 1.165) is 30.1 Å². The molecule has 0 aliphatic heterocycles. The van der Waals surface area contributed by atoms with Crippen LogP contribution in [0.2, 0.25) is 0 Å². The Hall–Kier alpha value is -2.33. The van der Waals surface area contributed by atoms with Crippen molar-refractivity contribution < 1.29 is 9.53 Å². The lowest BCUT2D eigenvalue weighted by atomic mass is 10.2. The van der Waals surface area contributed by atoms with Crippen LogP contribution in [0.1, 0.15) is 25.0 Å². The van der Waals surface area contributed by atoms with Crippen molar-refractivity contribution in [2.45, 2.75) is 27.7 Å². The molecule has 0 aromatic heterocycles. The summed E-state index contributed by atoms with van der Waals surface area (Å²) in [4.78, 5) is 16.9. The summed E-state index contributed by atoms with van der Waals surface area (Å²) < 4.78 is 5.91. The van der Waals surface area contributed by atoms with E-state index in [1.165, 1.54) is 5.56 Å². The van der Waals surface area contributed by atoms with E-state index >= 15 is 0 Å². The maximum absolute atomic E-state index is 12.9. The standard InChI is InChI=1S/C22H30N2O2/c1-5-23(6-2)17-22(25)24(20-13-11-18(3)12-14-20)15-16-26-21-10-8-7-9-19(21)4/h7-14H,5-6,15-17H2,1-4H3. The SMILES string of the molecule is CCN(CC)CC(=O)N(CCOc1ccccc1C)c1ccc(C)cc1. The molecule has 0 fully saturated rings. The zero-order valence-electron chi connectivity index (χ0n) is 16.4. The van der Waals surface area contributed by atoms with Gasteiger partial charge in [0.15, 0.2) is 0 Å². The molecule has 2 aromatic carbocycles. The van der Waals surface area contributed by atoms with E-state index in [1.807, 2.05) is 67.3 Å². The highest BCUT2D eigenvalue weighted by Crippen LogP contribution is 2.18. The Kier molecular flexibility index (Phi) is 7.67. The van der Waals surface area contributed by atoms with Crippen LogP contribution in [-0.4, -0.2) is 43.6 Å². The third kappa shape index (κ3) is 5.60. The summed E-state index contributed by atoms with van der Waals surface area (Å²) in [6, 6.07) is 16.0. The minimum Gasteiger partial charge on any atom is -0.491 e. The number of anilines is 1. The van der Waals surface area contributed by atoms with E-state index in [4.69, 9.17) is 4.74 Å². The highest BCUT2D eigenvalue weighted by atomic mass is 16.5. The molecule has 4 heteroatoms. The Bertz CT molecular complexity index is 694. The zero-order valence-corrected chi connectivity index (χ0v) is 16.4. The maximum atomic E-state index is 12.9. The lowest BCUT2D eigenvalue weighted by Crippen LogP contribution is -2.42. The molecule has 4 nitrogen and oxygen atoms in total. The summed E-state index contributed by atoms with van der Waals surface area (Å²) in [6.07, 6.45) is 0. The maximum Gasteiger partial charge on any atom is 0.241 e. The quantitative estimate of drug-likeness (QED) is 0.681. The Balaban J connectivity index is 2.08. The van der Waals surface area contributed by atoms with Gasteiger partial charge in [0.05, 0.1) is 13.1 Å². The van der Waals surface area contributed by atoms with Crippen molar-refractivity contribution in [2.75, 3.05) is 37.7 Å². The molecule has 0 aliphatic carbocycles. The first kappa shape index (κ1) is 20.0. The average molecular weight is 354 g/mol. The van der Waals surface area contributed by atoms with Crippen LogP contribution in [0.5, 0.6) is 5.75 Å². The number of hydrogen-bond acceptors (Lipinski definition) is 3. The van der Waals surface area contributed by atoms with Crippen LogP contribution in [0.15, 0.2) is 48.5 Å². The van der Waals surface area contributed by atoms with E-state index in [2.05, 4.69) is 18.7 Å². The summed E-state index contributed by atoms with van der Waals surface area (Å²) >= 11 is 0. The van der Waals surface area contributed by atoms with Crippen molar-refractivity contribution in [1.29, 1.82) is 0 Å². The Morgan fingerprint density at radius 3 is 2.23 bits per heavy atom. The summed E-state index contributed by atoms with van der Waals surface area (Å²) in [7, 11) is 0. The van der Waals surface area contributed by atoms with Crippen LogP contribution < -0.4 is 9.64 Å². The van der Waals surface area contributed by atoms with Gasteiger partial charge in [0.2, 0.25) is 5.91 Å². The molecule has 0 aliphatic rings. The molecule has 0 spiro atoms. The molecular weight excluding hydrogens is 324 g/mol. The van der Waals surface area contributed by atoms with Crippen LogP contribution in [0.3, 0.4) is 0 Å². The van der Waals surface area contributed by atoms with E-state index in [0.29, 0.717) is 19.7 Å². The van der Waals surface area contributed by atoms with Gasteiger partial charge in [-0.25, -0.2) is 0 Å². The fraction of sp³-hybridized carbons (Fsp3) is 0.409. The number of para-hydroxylation sites is 1. The number of hydrogen-bond donors (Lipinski definition) is 0. The second-order valence-corrected chi connectivity index (χ2v) is 6.46. The number of amides is 1. The van der Waals surface area contributed by atoms with Gasteiger partial charge < -0.3 is 9.64 Å². The minimum absolute atomic E-state index is 0.103. The van der Waals surface area contributed by atoms with Gasteiger partial charge in [0.1, 0.15) is 12.4 Å².